The Balaban J connectivity index is 1.96. The Morgan fingerprint density at radius 2 is 1.60 bits per heavy atom. The van der Waals surface area contributed by atoms with Crippen molar-refractivity contribution in [3.8, 4) is 11.5 Å². The minimum atomic E-state index is -0.683. The second-order valence-corrected chi connectivity index (χ2v) is 6.99. The van der Waals surface area contributed by atoms with Gasteiger partial charge in [0.2, 0.25) is 10.6 Å². The normalized spacial score (nSPS) is 16.3. The zero-order valence-electron chi connectivity index (χ0n) is 14.1. The van der Waals surface area contributed by atoms with Gasteiger partial charge in [-0.05, 0) is 47.0 Å². The van der Waals surface area contributed by atoms with Gasteiger partial charge in [-0.25, -0.2) is 0 Å². The summed E-state index contributed by atoms with van der Waals surface area (Å²) in [5.74, 6) is 1.45. The number of rotatable bonds is 4. The molecule has 25 heavy (non-hydrogen) atoms. The summed E-state index contributed by atoms with van der Waals surface area (Å²) >= 11 is 3.21. The fourth-order valence-electron chi connectivity index (χ4n) is 3.34. The smallest absolute Gasteiger partial charge is 0.219 e. The largest absolute Gasteiger partial charge is 0.457 e. The Labute approximate surface area is 155 Å². The van der Waals surface area contributed by atoms with Crippen LogP contribution in [0.4, 0.5) is 0 Å². The molecule has 0 radical (unpaired) electrons. The number of amides is 1. The molecule has 5 heteroatoms. The first-order valence-corrected chi connectivity index (χ1v) is 9.10. The van der Waals surface area contributed by atoms with Gasteiger partial charge in [0.1, 0.15) is 11.5 Å². The van der Waals surface area contributed by atoms with Gasteiger partial charge in [-0.2, -0.15) is 0 Å². The minimum absolute atomic E-state index is 0.0458. The molecule has 0 spiro atoms. The van der Waals surface area contributed by atoms with E-state index in [-0.39, 0.29) is 10.6 Å². The molecule has 0 aromatic heterocycles. The Morgan fingerprint density at radius 3 is 2.20 bits per heavy atom. The number of carbonyl (C=O) groups is 2. The number of carbonyl (C=O) groups excluding carboxylic acids is 2. The van der Waals surface area contributed by atoms with Gasteiger partial charge in [-0.1, -0.05) is 36.4 Å². The van der Waals surface area contributed by atoms with Crippen molar-refractivity contribution in [3.05, 3.63) is 60.2 Å². The predicted molar refractivity (Wildman–Crippen MR) is 100 cm³/mol. The number of para-hydroxylation sites is 2. The number of ether oxygens (including phenoxy) is 1. The maximum absolute atomic E-state index is 12.6. The van der Waals surface area contributed by atoms with Crippen molar-refractivity contribution < 1.29 is 14.3 Å². The maximum atomic E-state index is 12.6. The summed E-state index contributed by atoms with van der Waals surface area (Å²) in [4.78, 5) is 26.0. The van der Waals surface area contributed by atoms with E-state index in [1.54, 1.807) is 11.8 Å². The molecule has 0 N–H and O–H groups in total. The third-order valence-corrected chi connectivity index (χ3v) is 5.57. The van der Waals surface area contributed by atoms with Crippen LogP contribution >= 0.6 is 15.9 Å². The summed E-state index contributed by atoms with van der Waals surface area (Å²) < 4.78 is 6.00. The van der Waals surface area contributed by atoms with E-state index in [2.05, 4.69) is 15.9 Å². The Bertz CT molecular complexity index is 768. The third kappa shape index (κ3) is 3.61. The Hall–Kier alpha value is -2.14. The van der Waals surface area contributed by atoms with Gasteiger partial charge in [0.15, 0.2) is 0 Å². The molecule has 1 fully saturated rings. The van der Waals surface area contributed by atoms with Crippen LogP contribution in [0.25, 0.3) is 0 Å². The Kier molecular flexibility index (Phi) is 5.23. The second kappa shape index (κ2) is 7.40. The molecule has 1 aliphatic rings. The van der Waals surface area contributed by atoms with E-state index in [0.717, 1.165) is 11.3 Å². The lowest BCUT2D eigenvalue weighted by Crippen LogP contribution is -2.47. The Morgan fingerprint density at radius 1 is 1.00 bits per heavy atom. The molecule has 2 aromatic rings. The van der Waals surface area contributed by atoms with Crippen LogP contribution in [0.15, 0.2) is 54.6 Å². The molecule has 0 aliphatic carbocycles. The van der Waals surface area contributed by atoms with Crippen LogP contribution < -0.4 is 4.74 Å². The average molecular weight is 402 g/mol. The fraction of sp³-hybridized carbons (Fsp3) is 0.300. The number of halogens is 1. The number of likely N-dealkylation sites (tertiary alicyclic amines) is 1. The highest BCUT2D eigenvalue weighted by Gasteiger charge is 2.43. The van der Waals surface area contributed by atoms with Crippen LogP contribution in [0.2, 0.25) is 0 Å². The van der Waals surface area contributed by atoms with E-state index in [9.17, 15) is 9.59 Å². The maximum Gasteiger partial charge on any atom is 0.219 e. The number of nitrogens with zero attached hydrogens (tertiary/aromatic N) is 1. The molecule has 130 valence electrons. The van der Waals surface area contributed by atoms with Crippen molar-refractivity contribution >= 4 is 26.5 Å². The van der Waals surface area contributed by atoms with Gasteiger partial charge >= 0.3 is 0 Å². The van der Waals surface area contributed by atoms with E-state index >= 15 is 0 Å². The minimum Gasteiger partial charge on any atom is -0.457 e. The molecule has 1 heterocycles. The number of hydrogen-bond acceptors (Lipinski definition) is 3. The van der Waals surface area contributed by atoms with Crippen LogP contribution in [0.1, 0.15) is 25.3 Å². The van der Waals surface area contributed by atoms with Gasteiger partial charge in [-0.15, -0.1) is 0 Å². The van der Waals surface area contributed by atoms with Crippen LogP contribution in [-0.2, 0) is 15.0 Å². The summed E-state index contributed by atoms with van der Waals surface area (Å²) in [7, 11) is 0. The summed E-state index contributed by atoms with van der Waals surface area (Å²) in [5, 5.41) is 0. The van der Waals surface area contributed by atoms with E-state index < -0.39 is 5.41 Å². The van der Waals surface area contributed by atoms with Crippen molar-refractivity contribution in [2.75, 3.05) is 13.1 Å². The highest BCUT2D eigenvalue weighted by molar-refractivity contribution is 9.18. The SMILES string of the molecule is CC(=O)N1CCC(C(=O)Br)(c2ccccc2Oc2ccccc2)CC1. The summed E-state index contributed by atoms with van der Waals surface area (Å²) in [6.07, 6.45) is 1.15. The van der Waals surface area contributed by atoms with Crippen LogP contribution in [0, 0.1) is 0 Å². The standard InChI is InChI=1S/C20H20BrNO3/c1-15(23)22-13-11-20(12-14-22,19(21)24)17-9-5-6-10-18(17)25-16-7-3-2-4-8-16/h2-10H,11-14H2,1H3. The lowest BCUT2D eigenvalue weighted by molar-refractivity contribution is -0.132. The first-order chi connectivity index (χ1) is 12.0. The third-order valence-electron chi connectivity index (χ3n) is 4.81. The monoisotopic (exact) mass is 401 g/mol. The zero-order valence-corrected chi connectivity index (χ0v) is 15.7. The van der Waals surface area contributed by atoms with Gasteiger partial charge in [0.05, 0.1) is 5.41 Å². The highest BCUT2D eigenvalue weighted by atomic mass is 79.9. The molecule has 0 atom stereocenters. The topological polar surface area (TPSA) is 46.6 Å². The van der Waals surface area contributed by atoms with Crippen molar-refractivity contribution in [2.24, 2.45) is 0 Å². The van der Waals surface area contributed by atoms with Gasteiger partial charge in [-0.3, -0.25) is 9.59 Å². The predicted octanol–water partition coefficient (Wildman–Crippen LogP) is 4.28. The number of hydrogen-bond donors (Lipinski definition) is 0. The molecule has 0 bridgehead atoms. The fourth-order valence-corrected chi connectivity index (χ4v) is 3.95. The first kappa shape index (κ1) is 17.7. The molecule has 1 amide bonds. The lowest BCUT2D eigenvalue weighted by Gasteiger charge is -2.40. The summed E-state index contributed by atoms with van der Waals surface area (Å²) in [5.41, 5.74) is 0.182. The molecule has 1 aliphatic heterocycles. The van der Waals surface area contributed by atoms with Gasteiger partial charge in [0, 0.05) is 25.6 Å². The molecule has 4 nitrogen and oxygen atoms in total. The van der Waals surface area contributed by atoms with Crippen LogP contribution in [-0.4, -0.2) is 28.6 Å². The van der Waals surface area contributed by atoms with Crippen LogP contribution in [0.3, 0.4) is 0 Å². The van der Waals surface area contributed by atoms with Crippen molar-refractivity contribution in [3.63, 3.8) is 0 Å². The van der Waals surface area contributed by atoms with E-state index in [1.165, 1.54) is 0 Å². The average Bonchev–Trinajstić information content (AvgIpc) is 2.63. The number of benzene rings is 2. The summed E-state index contributed by atoms with van der Waals surface area (Å²) in [6, 6.07) is 17.2. The molecule has 0 unspecified atom stereocenters. The highest BCUT2D eigenvalue weighted by Crippen LogP contribution is 2.43. The molecular formula is C20H20BrNO3. The van der Waals surface area contributed by atoms with Gasteiger partial charge in [0.25, 0.3) is 0 Å². The second-order valence-electron chi connectivity index (χ2n) is 6.27. The van der Waals surface area contributed by atoms with Crippen molar-refractivity contribution in [1.29, 1.82) is 0 Å². The zero-order chi connectivity index (χ0) is 17.9. The van der Waals surface area contributed by atoms with E-state index in [1.807, 2.05) is 54.6 Å². The molecule has 1 saturated heterocycles. The molecule has 0 saturated carbocycles. The quantitative estimate of drug-likeness (QED) is 0.718. The van der Waals surface area contributed by atoms with Crippen molar-refractivity contribution in [1.82, 2.24) is 4.90 Å². The molecule has 3 rings (SSSR count). The first-order valence-electron chi connectivity index (χ1n) is 8.31. The molecule has 2 aromatic carbocycles. The van der Waals surface area contributed by atoms with Crippen molar-refractivity contribution in [2.45, 2.75) is 25.2 Å². The molecular weight excluding hydrogens is 382 g/mol. The summed E-state index contributed by atoms with van der Waals surface area (Å²) in [6.45, 7) is 2.69. The van der Waals surface area contributed by atoms with E-state index in [4.69, 9.17) is 4.74 Å². The number of piperidine rings is 1. The van der Waals surface area contributed by atoms with Gasteiger partial charge < -0.3 is 9.64 Å². The van der Waals surface area contributed by atoms with E-state index in [0.29, 0.717) is 31.7 Å². The van der Waals surface area contributed by atoms with Crippen LogP contribution in [0.5, 0.6) is 11.5 Å². The lowest BCUT2D eigenvalue weighted by atomic mass is 9.73.